The minimum atomic E-state index is -0.792. The summed E-state index contributed by atoms with van der Waals surface area (Å²) in [6, 6.07) is 15.1. The van der Waals surface area contributed by atoms with Crippen LogP contribution in [-0.4, -0.2) is 56.1 Å². The van der Waals surface area contributed by atoms with Crippen LogP contribution in [0.15, 0.2) is 48.5 Å². The molecule has 8 nitrogen and oxygen atoms in total. The molecule has 2 aromatic carbocycles. The summed E-state index contributed by atoms with van der Waals surface area (Å²) in [5.41, 5.74) is 0.578. The van der Waals surface area contributed by atoms with E-state index in [4.69, 9.17) is 18.9 Å². The molecule has 0 aromatic heterocycles. The highest BCUT2D eigenvalue weighted by Crippen LogP contribution is 2.50. The van der Waals surface area contributed by atoms with Crippen molar-refractivity contribution in [2.45, 2.75) is 43.6 Å². The molecule has 4 fully saturated rings. The van der Waals surface area contributed by atoms with E-state index in [1.54, 1.807) is 9.80 Å². The SMILES string of the molecule is O=C1CCC2(CCC(=O)N2c2ccccc2OCC2CO2)N1c1ccccc1OCC1CO1. The topological polar surface area (TPSA) is 84.1 Å². The molecule has 4 heterocycles. The molecule has 6 rings (SSSR count). The van der Waals surface area contributed by atoms with Gasteiger partial charge in [-0.3, -0.25) is 19.4 Å². The number of epoxide rings is 2. The van der Waals surface area contributed by atoms with E-state index in [2.05, 4.69) is 0 Å². The normalized spacial score (nSPS) is 28.0. The Labute approximate surface area is 192 Å². The first-order valence-corrected chi connectivity index (χ1v) is 11.5. The lowest BCUT2D eigenvalue weighted by Crippen LogP contribution is -2.57. The third-order valence-corrected chi connectivity index (χ3v) is 6.68. The van der Waals surface area contributed by atoms with E-state index in [0.29, 0.717) is 75.0 Å². The highest BCUT2D eigenvalue weighted by Gasteiger charge is 2.57. The average Bonchev–Trinajstić information content (AvgIpc) is 3.76. The Morgan fingerprint density at radius 3 is 1.61 bits per heavy atom. The van der Waals surface area contributed by atoms with Gasteiger partial charge in [-0.1, -0.05) is 24.3 Å². The molecule has 8 heteroatoms. The predicted octanol–water partition coefficient (Wildman–Crippen LogP) is 2.89. The van der Waals surface area contributed by atoms with Crippen LogP contribution in [0.25, 0.3) is 0 Å². The molecule has 2 atom stereocenters. The van der Waals surface area contributed by atoms with Crippen molar-refractivity contribution in [2.75, 3.05) is 36.2 Å². The number of hydrogen-bond acceptors (Lipinski definition) is 6. The van der Waals surface area contributed by atoms with E-state index in [1.165, 1.54) is 0 Å². The molecule has 2 unspecified atom stereocenters. The van der Waals surface area contributed by atoms with Crippen LogP contribution in [0, 0.1) is 0 Å². The number of ether oxygens (including phenoxy) is 4. The van der Waals surface area contributed by atoms with Gasteiger partial charge in [0.05, 0.1) is 24.6 Å². The fourth-order valence-corrected chi connectivity index (χ4v) is 4.91. The van der Waals surface area contributed by atoms with Gasteiger partial charge in [0.15, 0.2) is 0 Å². The fourth-order valence-electron chi connectivity index (χ4n) is 4.91. The van der Waals surface area contributed by atoms with Gasteiger partial charge in [0.1, 0.15) is 42.6 Å². The lowest BCUT2D eigenvalue weighted by Gasteiger charge is -2.43. The Bertz CT molecular complexity index is 995. The number of benzene rings is 2. The monoisotopic (exact) mass is 450 g/mol. The molecule has 2 amide bonds. The van der Waals surface area contributed by atoms with Crippen LogP contribution in [0.3, 0.4) is 0 Å². The van der Waals surface area contributed by atoms with E-state index in [9.17, 15) is 9.59 Å². The number of anilines is 2. The fraction of sp³-hybridized carbons (Fsp3) is 0.440. The van der Waals surface area contributed by atoms with E-state index in [1.807, 2.05) is 48.5 Å². The molecule has 0 aliphatic carbocycles. The zero-order chi connectivity index (χ0) is 22.4. The number of nitrogens with zero attached hydrogens (tertiary/aromatic N) is 2. The molecule has 4 aliphatic rings. The molecule has 4 aliphatic heterocycles. The molecule has 0 radical (unpaired) electrons. The molecule has 0 saturated carbocycles. The van der Waals surface area contributed by atoms with Crippen LogP contribution in [0.2, 0.25) is 0 Å². The average molecular weight is 450 g/mol. The van der Waals surface area contributed by atoms with Crippen LogP contribution in [0.1, 0.15) is 25.7 Å². The van der Waals surface area contributed by atoms with Gasteiger partial charge in [0.2, 0.25) is 11.8 Å². The van der Waals surface area contributed by atoms with Gasteiger partial charge in [-0.05, 0) is 37.1 Å². The van der Waals surface area contributed by atoms with Crippen molar-refractivity contribution in [3.05, 3.63) is 48.5 Å². The first-order valence-electron chi connectivity index (χ1n) is 11.5. The van der Waals surface area contributed by atoms with Crippen molar-refractivity contribution >= 4 is 23.2 Å². The van der Waals surface area contributed by atoms with Crippen molar-refractivity contribution in [1.82, 2.24) is 0 Å². The van der Waals surface area contributed by atoms with Gasteiger partial charge in [-0.25, -0.2) is 0 Å². The lowest BCUT2D eigenvalue weighted by atomic mass is 10.0. The van der Waals surface area contributed by atoms with Crippen LogP contribution in [0.4, 0.5) is 11.4 Å². The van der Waals surface area contributed by atoms with E-state index >= 15 is 0 Å². The summed E-state index contributed by atoms with van der Waals surface area (Å²) in [6.45, 7) is 2.27. The van der Waals surface area contributed by atoms with E-state index in [0.717, 1.165) is 0 Å². The Balaban J connectivity index is 1.38. The van der Waals surface area contributed by atoms with Crippen molar-refractivity contribution < 1.29 is 28.5 Å². The highest BCUT2D eigenvalue weighted by atomic mass is 16.6. The standard InChI is InChI=1S/C25H26N2O6/c28-23-9-11-25(26(23)19-5-1-3-7-21(19)32-15-17-13-30-17)12-10-24(29)27(25)20-6-2-4-8-22(20)33-16-18-14-31-18/h1-8,17-18H,9-16H2. The third-order valence-electron chi connectivity index (χ3n) is 6.68. The second-order valence-corrected chi connectivity index (χ2v) is 8.91. The summed E-state index contributed by atoms with van der Waals surface area (Å²) >= 11 is 0. The Morgan fingerprint density at radius 2 is 1.18 bits per heavy atom. The summed E-state index contributed by atoms with van der Waals surface area (Å²) in [7, 11) is 0. The van der Waals surface area contributed by atoms with Crippen molar-refractivity contribution in [2.24, 2.45) is 0 Å². The van der Waals surface area contributed by atoms with Crippen molar-refractivity contribution in [1.29, 1.82) is 0 Å². The number of carbonyl (C=O) groups is 2. The number of amides is 2. The molecule has 0 N–H and O–H groups in total. The van der Waals surface area contributed by atoms with Crippen LogP contribution in [-0.2, 0) is 19.1 Å². The van der Waals surface area contributed by atoms with Gasteiger partial charge < -0.3 is 18.9 Å². The Hall–Kier alpha value is -3.10. The van der Waals surface area contributed by atoms with Gasteiger partial charge in [-0.15, -0.1) is 0 Å². The summed E-state index contributed by atoms with van der Waals surface area (Å²) < 4.78 is 22.6. The van der Waals surface area contributed by atoms with E-state index in [-0.39, 0.29) is 24.0 Å². The zero-order valence-electron chi connectivity index (χ0n) is 18.3. The number of rotatable bonds is 8. The summed E-state index contributed by atoms with van der Waals surface area (Å²) in [5.74, 6) is 1.21. The number of para-hydroxylation sites is 4. The van der Waals surface area contributed by atoms with Gasteiger partial charge >= 0.3 is 0 Å². The highest BCUT2D eigenvalue weighted by molar-refractivity contribution is 6.06. The largest absolute Gasteiger partial charge is 0.489 e. The van der Waals surface area contributed by atoms with Gasteiger partial charge in [0, 0.05) is 12.8 Å². The van der Waals surface area contributed by atoms with E-state index < -0.39 is 5.66 Å². The number of carbonyl (C=O) groups excluding carboxylic acids is 2. The van der Waals surface area contributed by atoms with Crippen molar-refractivity contribution in [3.8, 4) is 11.5 Å². The second-order valence-electron chi connectivity index (χ2n) is 8.91. The third kappa shape index (κ3) is 3.73. The maximum absolute atomic E-state index is 13.3. The van der Waals surface area contributed by atoms with Gasteiger partial charge in [0.25, 0.3) is 0 Å². The zero-order valence-corrected chi connectivity index (χ0v) is 18.3. The molecule has 2 aromatic rings. The minimum absolute atomic E-state index is 0.0156. The lowest BCUT2D eigenvalue weighted by molar-refractivity contribution is -0.117. The first-order chi connectivity index (χ1) is 16.2. The first kappa shape index (κ1) is 20.5. The Morgan fingerprint density at radius 1 is 0.758 bits per heavy atom. The van der Waals surface area contributed by atoms with Crippen LogP contribution >= 0.6 is 0 Å². The maximum Gasteiger partial charge on any atom is 0.229 e. The molecular weight excluding hydrogens is 424 g/mol. The molecule has 1 spiro atoms. The smallest absolute Gasteiger partial charge is 0.229 e. The summed E-state index contributed by atoms with van der Waals surface area (Å²) in [6.07, 6.45) is 2.04. The minimum Gasteiger partial charge on any atom is -0.489 e. The molecule has 0 bridgehead atoms. The predicted molar refractivity (Wildman–Crippen MR) is 120 cm³/mol. The molecule has 4 saturated heterocycles. The summed E-state index contributed by atoms with van der Waals surface area (Å²) in [4.78, 5) is 30.1. The summed E-state index contributed by atoms with van der Waals surface area (Å²) in [5, 5.41) is 0. The van der Waals surface area contributed by atoms with Crippen LogP contribution < -0.4 is 19.3 Å². The molecule has 33 heavy (non-hydrogen) atoms. The Kier molecular flexibility index (Phi) is 4.99. The quantitative estimate of drug-likeness (QED) is 0.575. The number of hydrogen-bond donors (Lipinski definition) is 0. The molecular formula is C25H26N2O6. The van der Waals surface area contributed by atoms with Crippen molar-refractivity contribution in [3.63, 3.8) is 0 Å². The molecule has 172 valence electrons. The maximum atomic E-state index is 13.3. The van der Waals surface area contributed by atoms with Crippen LogP contribution in [0.5, 0.6) is 11.5 Å². The van der Waals surface area contributed by atoms with Gasteiger partial charge in [-0.2, -0.15) is 0 Å². The second kappa shape index (κ2) is 8.04.